The molecular formula is C9H14O4. The Kier molecular flexibility index (Phi) is 4.34. The largest absolute Gasteiger partial charge is 0.463 e. The molecule has 0 saturated carbocycles. The number of allylic oxidation sites excluding steroid dienone is 1. The molecule has 0 aliphatic rings. The number of carbonyl (C=O) groups excluding carboxylic acids is 2. The van der Waals surface area contributed by atoms with E-state index in [0.29, 0.717) is 0 Å². The molecule has 0 aromatic heterocycles. The predicted molar refractivity (Wildman–Crippen MR) is 47.1 cm³/mol. The molecule has 4 nitrogen and oxygen atoms in total. The van der Waals surface area contributed by atoms with E-state index in [-0.39, 0.29) is 6.42 Å². The maximum absolute atomic E-state index is 11.1. The lowest BCUT2D eigenvalue weighted by Gasteiger charge is -2.17. The third-order valence-corrected chi connectivity index (χ3v) is 1.61. The lowest BCUT2D eigenvalue weighted by Crippen LogP contribution is -2.40. The summed E-state index contributed by atoms with van der Waals surface area (Å²) in [6, 6.07) is 0. The number of ether oxygens (including phenoxy) is 1. The Morgan fingerprint density at radius 1 is 1.54 bits per heavy atom. The zero-order chi connectivity index (χ0) is 10.5. The molecule has 0 spiro atoms. The predicted octanol–water partition coefficient (Wildman–Crippen LogP) is 0.446. The fourth-order valence-corrected chi connectivity index (χ4v) is 0.753. The first-order valence-corrected chi connectivity index (χ1v) is 3.92. The van der Waals surface area contributed by atoms with Gasteiger partial charge in [0.1, 0.15) is 5.60 Å². The summed E-state index contributed by atoms with van der Waals surface area (Å²) >= 11 is 0. The van der Waals surface area contributed by atoms with Gasteiger partial charge in [0, 0.05) is 6.42 Å². The highest BCUT2D eigenvalue weighted by Crippen LogP contribution is 2.12. The molecule has 0 radical (unpaired) electrons. The minimum atomic E-state index is -1.67. The van der Waals surface area contributed by atoms with E-state index < -0.39 is 17.4 Å². The highest BCUT2D eigenvalue weighted by atomic mass is 16.5. The van der Waals surface area contributed by atoms with Crippen LogP contribution in [0.3, 0.4) is 0 Å². The Bertz CT molecular complexity index is 228. The molecule has 0 bridgehead atoms. The van der Waals surface area contributed by atoms with E-state index in [9.17, 15) is 14.7 Å². The van der Waals surface area contributed by atoms with Gasteiger partial charge < -0.3 is 9.84 Å². The highest BCUT2D eigenvalue weighted by Gasteiger charge is 2.34. The van der Waals surface area contributed by atoms with Crippen LogP contribution in [0.4, 0.5) is 0 Å². The van der Waals surface area contributed by atoms with Crippen LogP contribution in [-0.2, 0) is 14.3 Å². The molecule has 4 heteroatoms. The monoisotopic (exact) mass is 186 g/mol. The van der Waals surface area contributed by atoms with Crippen LogP contribution in [0.2, 0.25) is 0 Å². The van der Waals surface area contributed by atoms with Crippen LogP contribution in [0.15, 0.2) is 12.2 Å². The average molecular weight is 186 g/mol. The van der Waals surface area contributed by atoms with Crippen molar-refractivity contribution in [3.05, 3.63) is 12.2 Å². The Balaban J connectivity index is 4.44. The Hall–Kier alpha value is -1.16. The van der Waals surface area contributed by atoms with E-state index in [1.165, 1.54) is 6.92 Å². The number of hydrogen-bond acceptors (Lipinski definition) is 4. The number of ketones is 1. The molecule has 13 heavy (non-hydrogen) atoms. The van der Waals surface area contributed by atoms with Gasteiger partial charge in [-0.25, -0.2) is 4.79 Å². The summed E-state index contributed by atoms with van der Waals surface area (Å²) in [5.74, 6) is -1.94. The maximum atomic E-state index is 11.1. The third kappa shape index (κ3) is 3.38. The molecule has 74 valence electrons. The van der Waals surface area contributed by atoms with Gasteiger partial charge >= 0.3 is 5.97 Å². The van der Waals surface area contributed by atoms with E-state index >= 15 is 0 Å². The number of methoxy groups -OCH3 is 1. The second-order valence-corrected chi connectivity index (χ2v) is 2.87. The molecule has 0 unspecified atom stereocenters. The van der Waals surface area contributed by atoms with Crippen LogP contribution >= 0.6 is 0 Å². The minimum absolute atomic E-state index is 0.109. The van der Waals surface area contributed by atoms with Gasteiger partial charge in [0.25, 0.3) is 5.78 Å². The van der Waals surface area contributed by atoms with Crippen LogP contribution < -0.4 is 0 Å². The second-order valence-electron chi connectivity index (χ2n) is 2.87. The van der Waals surface area contributed by atoms with Gasteiger partial charge in [-0.2, -0.15) is 0 Å². The second kappa shape index (κ2) is 4.77. The minimum Gasteiger partial charge on any atom is -0.463 e. The highest BCUT2D eigenvalue weighted by molar-refractivity contribution is 6.36. The smallest absolute Gasteiger partial charge is 0.377 e. The van der Waals surface area contributed by atoms with Crippen molar-refractivity contribution in [1.29, 1.82) is 0 Å². The van der Waals surface area contributed by atoms with Gasteiger partial charge in [-0.15, -0.1) is 0 Å². The van der Waals surface area contributed by atoms with Gasteiger partial charge in [0.15, 0.2) is 0 Å². The number of rotatable bonds is 4. The summed E-state index contributed by atoms with van der Waals surface area (Å²) in [4.78, 5) is 21.9. The van der Waals surface area contributed by atoms with E-state index in [2.05, 4.69) is 4.74 Å². The van der Waals surface area contributed by atoms with Gasteiger partial charge in [-0.3, -0.25) is 4.79 Å². The molecule has 0 saturated heterocycles. The molecule has 0 aromatic carbocycles. The molecule has 0 heterocycles. The van der Waals surface area contributed by atoms with Crippen molar-refractivity contribution in [3.8, 4) is 0 Å². The standard InChI is InChI=1S/C9H14O4/c1-4-5-6-9(2,12)7(10)8(11)13-3/h4-5,12H,6H2,1-3H3/t9-/m1/s1. The summed E-state index contributed by atoms with van der Waals surface area (Å²) in [6.45, 7) is 3.05. The molecule has 0 aliphatic heterocycles. The molecule has 0 aliphatic carbocycles. The third-order valence-electron chi connectivity index (χ3n) is 1.61. The molecule has 1 N–H and O–H groups in total. The summed E-state index contributed by atoms with van der Waals surface area (Å²) in [6.07, 6.45) is 3.41. The number of Topliss-reactive ketones (excluding diaryl/α,β-unsaturated/α-hetero) is 1. The SMILES string of the molecule is CC=CC[C@@](C)(O)C(=O)C(=O)OC. The summed E-state index contributed by atoms with van der Waals surface area (Å²) in [7, 11) is 1.10. The van der Waals surface area contributed by atoms with Crippen LogP contribution in [0.25, 0.3) is 0 Å². The van der Waals surface area contributed by atoms with Crippen LogP contribution in [0, 0.1) is 0 Å². The van der Waals surface area contributed by atoms with Crippen molar-refractivity contribution in [2.24, 2.45) is 0 Å². The van der Waals surface area contributed by atoms with Crippen molar-refractivity contribution < 1.29 is 19.4 Å². The number of carbonyl (C=O) groups is 2. The van der Waals surface area contributed by atoms with Crippen molar-refractivity contribution in [2.45, 2.75) is 25.9 Å². The summed E-state index contributed by atoms with van der Waals surface area (Å²) in [5, 5.41) is 9.51. The van der Waals surface area contributed by atoms with Crippen LogP contribution in [0.5, 0.6) is 0 Å². The maximum Gasteiger partial charge on any atom is 0.377 e. The van der Waals surface area contributed by atoms with Crippen molar-refractivity contribution in [2.75, 3.05) is 7.11 Å². The first-order chi connectivity index (χ1) is 5.95. The van der Waals surface area contributed by atoms with Crippen molar-refractivity contribution in [3.63, 3.8) is 0 Å². The van der Waals surface area contributed by atoms with Crippen molar-refractivity contribution >= 4 is 11.8 Å². The van der Waals surface area contributed by atoms with E-state index in [1.54, 1.807) is 19.1 Å². The zero-order valence-corrected chi connectivity index (χ0v) is 8.03. The van der Waals surface area contributed by atoms with Gasteiger partial charge in [-0.05, 0) is 13.8 Å². The number of esters is 1. The molecule has 0 fully saturated rings. The summed E-state index contributed by atoms with van der Waals surface area (Å²) in [5.41, 5.74) is -1.67. The average Bonchev–Trinajstić information content (AvgIpc) is 2.12. The first-order valence-electron chi connectivity index (χ1n) is 3.92. The molecule has 0 rings (SSSR count). The number of aliphatic hydroxyl groups is 1. The Morgan fingerprint density at radius 3 is 2.46 bits per heavy atom. The number of hydrogen-bond donors (Lipinski definition) is 1. The molecule has 0 aromatic rings. The Morgan fingerprint density at radius 2 is 2.08 bits per heavy atom. The lowest BCUT2D eigenvalue weighted by molar-refractivity contribution is -0.159. The molecule has 1 atom stereocenters. The van der Waals surface area contributed by atoms with Crippen molar-refractivity contribution in [1.82, 2.24) is 0 Å². The van der Waals surface area contributed by atoms with E-state index in [0.717, 1.165) is 7.11 Å². The fourth-order valence-electron chi connectivity index (χ4n) is 0.753. The van der Waals surface area contributed by atoms with E-state index in [4.69, 9.17) is 0 Å². The quantitative estimate of drug-likeness (QED) is 0.393. The van der Waals surface area contributed by atoms with Crippen LogP contribution in [-0.4, -0.2) is 29.6 Å². The normalized spacial score (nSPS) is 15.4. The van der Waals surface area contributed by atoms with Gasteiger partial charge in [0.05, 0.1) is 7.11 Å². The topological polar surface area (TPSA) is 63.6 Å². The molecular weight excluding hydrogens is 172 g/mol. The van der Waals surface area contributed by atoms with Gasteiger partial charge in [-0.1, -0.05) is 12.2 Å². The zero-order valence-electron chi connectivity index (χ0n) is 8.03. The fraction of sp³-hybridized carbons (Fsp3) is 0.556. The Labute approximate surface area is 77.2 Å². The van der Waals surface area contributed by atoms with Crippen LogP contribution in [0.1, 0.15) is 20.3 Å². The lowest BCUT2D eigenvalue weighted by atomic mass is 9.96. The van der Waals surface area contributed by atoms with E-state index in [1.807, 2.05) is 0 Å². The van der Waals surface area contributed by atoms with Gasteiger partial charge in [0.2, 0.25) is 0 Å². The molecule has 0 amide bonds. The first kappa shape index (κ1) is 11.8. The summed E-state index contributed by atoms with van der Waals surface area (Å²) < 4.78 is 4.21.